The fourth-order valence-corrected chi connectivity index (χ4v) is 0.684. The van der Waals surface area contributed by atoms with Crippen molar-refractivity contribution in [3.8, 4) is 0 Å². The molecular weight excluding hydrogens is 375 g/mol. The number of aliphatic carboxylic acids is 3. The van der Waals surface area contributed by atoms with Crippen LogP contribution in [0.2, 0.25) is 0 Å². The third-order valence-electron chi connectivity index (χ3n) is 1.25. The first-order valence-corrected chi connectivity index (χ1v) is 6.16. The van der Waals surface area contributed by atoms with E-state index in [1.165, 1.54) is 0 Å². The van der Waals surface area contributed by atoms with Crippen LogP contribution >= 0.6 is 0 Å². The normalized spacial score (nSPS) is 12.3. The van der Waals surface area contributed by atoms with Crippen LogP contribution in [0.4, 0.5) is 0 Å². The molecule has 0 saturated heterocycles. The van der Waals surface area contributed by atoms with E-state index in [1.807, 2.05) is 0 Å². The van der Waals surface area contributed by atoms with Crippen molar-refractivity contribution in [3.05, 3.63) is 0 Å². The zero-order chi connectivity index (χ0) is 15.1. The zero-order valence-corrected chi connectivity index (χ0v) is 14.5. The number of hydrogen-bond donors (Lipinski definition) is 2. The molecule has 2 N–H and O–H groups in total. The first kappa shape index (κ1) is 28.4. The summed E-state index contributed by atoms with van der Waals surface area (Å²) < 4.78 is 25.3. The molecule has 0 aliphatic rings. The van der Waals surface area contributed by atoms with Crippen molar-refractivity contribution in [2.45, 2.75) is 18.4 Å². The number of hydrogen-bond acceptors (Lipinski definition) is 10. The molecule has 1 atom stereocenters. The average Bonchev–Trinajstić information content (AvgIpc) is 1.95. The smallest absolute Gasteiger partial charge is 0.748 e. The van der Waals surface area contributed by atoms with Gasteiger partial charge in [0.2, 0.25) is 0 Å². The zero-order valence-electron chi connectivity index (χ0n) is 9.74. The molecule has 111 valence electrons. The predicted molar refractivity (Wildman–Crippen MR) is 48.1 cm³/mol. The third-order valence-corrected chi connectivity index (χ3v) is 1.25. The first-order chi connectivity index (χ1) is 7.78. The van der Waals surface area contributed by atoms with Gasteiger partial charge in [0.1, 0.15) is 5.60 Å². The number of carboxylic acids is 3. The van der Waals surface area contributed by atoms with Gasteiger partial charge in [-0.1, -0.05) is 0 Å². The number of aliphatic hydroxyl groups is 1. The maximum atomic E-state index is 10.1. The van der Waals surface area contributed by atoms with Crippen molar-refractivity contribution >= 4 is 38.1 Å². The fourth-order valence-electron chi connectivity index (χ4n) is 0.684. The summed E-state index contributed by atoms with van der Waals surface area (Å²) in [5.41, 5.74) is -2.97. The minimum Gasteiger partial charge on any atom is -0.748 e. The van der Waals surface area contributed by atoms with Crippen molar-refractivity contribution in [2.24, 2.45) is 0 Å². The van der Waals surface area contributed by atoms with Crippen LogP contribution in [-0.2, 0) is 51.7 Å². The van der Waals surface area contributed by atoms with E-state index < -0.39 is 45.4 Å². The molecule has 10 nitrogen and oxygen atoms in total. The number of carbonyl (C=O) groups is 3. The van der Waals surface area contributed by atoms with Crippen molar-refractivity contribution in [1.82, 2.24) is 0 Å². The molecule has 0 aromatic carbocycles. The molecule has 0 aromatic heterocycles. The quantitative estimate of drug-likeness (QED) is 0.428. The Morgan fingerprint density at radius 1 is 1.10 bits per heavy atom. The molecule has 0 amide bonds. The predicted octanol–water partition coefficient (Wildman–Crippen LogP) is -8.92. The first-order valence-electron chi connectivity index (χ1n) is 3.80. The number of carbonyl (C=O) groups excluding carboxylic acids is 3. The van der Waals surface area contributed by atoms with Gasteiger partial charge in [0.25, 0.3) is 0 Å². The summed E-state index contributed by atoms with van der Waals surface area (Å²) >= 11 is 3.35. The Morgan fingerprint density at radius 2 is 1.30 bits per heavy atom. The molecule has 0 heterocycles. The molecular formula is C6H6FeNaO10S2. The second-order valence-corrected chi connectivity index (χ2v) is 4.96. The second kappa shape index (κ2) is 11.8. The van der Waals surface area contributed by atoms with Crippen LogP contribution in [0.5, 0.6) is 0 Å². The van der Waals surface area contributed by atoms with E-state index >= 15 is 0 Å². The minimum absolute atomic E-state index is 0. The summed E-state index contributed by atoms with van der Waals surface area (Å²) in [5, 5.41) is 38.9. The molecule has 1 unspecified atom stereocenters. The average molecular weight is 381 g/mol. The van der Waals surface area contributed by atoms with E-state index in [0.29, 0.717) is 0 Å². The summed E-state index contributed by atoms with van der Waals surface area (Å²) in [7, 11) is -4.08. The molecule has 0 fully saturated rings. The Bertz CT molecular complexity index is 411. The van der Waals surface area contributed by atoms with Gasteiger partial charge in [0.05, 0.1) is 15.0 Å². The molecule has 0 rings (SSSR count). The van der Waals surface area contributed by atoms with Crippen LogP contribution in [0.15, 0.2) is 0 Å². The molecule has 20 heavy (non-hydrogen) atoms. The van der Waals surface area contributed by atoms with Gasteiger partial charge in [0.15, 0.2) is 0 Å². The second-order valence-electron chi connectivity index (χ2n) is 2.84. The van der Waals surface area contributed by atoms with Crippen molar-refractivity contribution < 1.29 is 94.8 Å². The SMILES string of the molecule is O=C([O-])CC(O)(CC(=O)[O-])C(=O)[O-].O=S([O-])(O)=S.[Fe+3].[Na+]. The number of rotatable bonds is 5. The van der Waals surface area contributed by atoms with Crippen molar-refractivity contribution in [3.63, 3.8) is 0 Å². The standard InChI is InChI=1S/C6H8O7.Fe.Na.H2O3S2/c7-3(8)1-6(13,5(11)12)2-4(9)10;;;1-5(2,3)4/h13H,1-2H2,(H,7,8)(H,9,10)(H,11,12);;;(H2,1,2,3,4)/q;+3;+1;/p-4. The van der Waals surface area contributed by atoms with Gasteiger partial charge in [-0.3, -0.25) is 0 Å². The molecule has 0 bridgehead atoms. The fraction of sp³-hybridized carbons (Fsp3) is 0.500. The van der Waals surface area contributed by atoms with Gasteiger partial charge in [0, 0.05) is 24.8 Å². The monoisotopic (exact) mass is 381 g/mol. The van der Waals surface area contributed by atoms with E-state index in [-0.39, 0.29) is 46.6 Å². The molecule has 0 aliphatic heterocycles. The van der Waals surface area contributed by atoms with Gasteiger partial charge in [-0.05, 0) is 11.2 Å². The van der Waals surface area contributed by atoms with Gasteiger partial charge in [-0.15, -0.1) is 0 Å². The topological polar surface area (TPSA) is 201 Å². The van der Waals surface area contributed by atoms with Crippen LogP contribution in [-0.4, -0.2) is 41.9 Å². The van der Waals surface area contributed by atoms with E-state index in [9.17, 15) is 29.7 Å². The Kier molecular flexibility index (Phi) is 16.7. The van der Waals surface area contributed by atoms with E-state index in [4.69, 9.17) is 18.4 Å². The van der Waals surface area contributed by atoms with Crippen LogP contribution in [0, 0.1) is 0 Å². The molecule has 14 heteroatoms. The summed E-state index contributed by atoms with van der Waals surface area (Å²) in [6.45, 7) is 0. The third kappa shape index (κ3) is 20.5. The van der Waals surface area contributed by atoms with E-state index in [1.54, 1.807) is 0 Å². The Hall–Kier alpha value is 0.179. The molecule has 1 radical (unpaired) electrons. The summed E-state index contributed by atoms with van der Waals surface area (Å²) in [5.74, 6) is -5.98. The van der Waals surface area contributed by atoms with E-state index in [0.717, 1.165) is 0 Å². The Labute approximate surface area is 150 Å². The Balaban J connectivity index is -0.000000158. The summed E-state index contributed by atoms with van der Waals surface area (Å²) in [4.78, 5) is 30.0. The van der Waals surface area contributed by atoms with Gasteiger partial charge < -0.3 is 43.9 Å². The number of carboxylic acid groups (broad SMARTS) is 3. The van der Waals surface area contributed by atoms with E-state index in [2.05, 4.69) is 11.2 Å². The maximum absolute atomic E-state index is 10.1. The van der Waals surface area contributed by atoms with Crippen molar-refractivity contribution in [2.75, 3.05) is 0 Å². The summed E-state index contributed by atoms with van der Waals surface area (Å²) in [6, 6.07) is 0. The molecule has 0 saturated carbocycles. The minimum atomic E-state index is -4.08. The molecule has 0 spiro atoms. The van der Waals surface area contributed by atoms with Crippen LogP contribution in [0.25, 0.3) is 0 Å². The van der Waals surface area contributed by atoms with Crippen molar-refractivity contribution in [1.29, 1.82) is 0 Å². The Morgan fingerprint density at radius 3 is 1.40 bits per heavy atom. The van der Waals surface area contributed by atoms with Gasteiger partial charge in [-0.25, -0.2) is 4.21 Å². The molecule has 0 aromatic rings. The van der Waals surface area contributed by atoms with Crippen LogP contribution in [0.1, 0.15) is 12.8 Å². The van der Waals surface area contributed by atoms with Crippen LogP contribution in [0.3, 0.4) is 0 Å². The summed E-state index contributed by atoms with van der Waals surface area (Å²) in [6.07, 6.45) is -2.72. The molecule has 0 aliphatic carbocycles. The van der Waals surface area contributed by atoms with Gasteiger partial charge in [-0.2, -0.15) is 0 Å². The largest absolute Gasteiger partial charge is 3.00 e. The van der Waals surface area contributed by atoms with Gasteiger partial charge >= 0.3 is 46.6 Å². The van der Waals surface area contributed by atoms with Crippen LogP contribution < -0.4 is 44.9 Å². The maximum Gasteiger partial charge on any atom is 3.00 e.